The van der Waals surface area contributed by atoms with Gasteiger partial charge >= 0.3 is 5.97 Å². The Hall–Kier alpha value is -1.33. The second-order valence-corrected chi connectivity index (χ2v) is 7.53. The Morgan fingerprint density at radius 1 is 1.42 bits per heavy atom. The molecule has 0 aromatic carbocycles. The van der Waals surface area contributed by atoms with Crippen molar-refractivity contribution in [3.63, 3.8) is 0 Å². The molecule has 2 aliphatic rings. The van der Waals surface area contributed by atoms with Crippen LogP contribution < -0.4 is 0 Å². The van der Waals surface area contributed by atoms with E-state index in [1.165, 1.54) is 7.11 Å². The summed E-state index contributed by atoms with van der Waals surface area (Å²) in [5, 5.41) is 0. The molecule has 24 heavy (non-hydrogen) atoms. The smallest absolute Gasteiger partial charge is 0.313 e. The zero-order valence-electron chi connectivity index (χ0n) is 15.8. The third-order valence-corrected chi connectivity index (χ3v) is 5.22. The van der Waals surface area contributed by atoms with Gasteiger partial charge in [0.1, 0.15) is 12.2 Å². The number of hydrogen-bond donors (Lipinski definition) is 0. The molecule has 4 atom stereocenters. The topological polar surface area (TPSA) is 54.0 Å². The predicted molar refractivity (Wildman–Crippen MR) is 91.2 cm³/mol. The van der Waals surface area contributed by atoms with Crippen molar-refractivity contribution in [2.75, 3.05) is 14.2 Å². The minimum atomic E-state index is -0.903. The maximum absolute atomic E-state index is 11.7. The van der Waals surface area contributed by atoms with Gasteiger partial charge in [-0.05, 0) is 31.9 Å². The lowest BCUT2D eigenvalue weighted by Gasteiger charge is -2.52. The molecule has 2 heterocycles. The number of allylic oxidation sites excluding steroid dienone is 1. The minimum Gasteiger partial charge on any atom is -0.469 e. The van der Waals surface area contributed by atoms with Crippen molar-refractivity contribution in [3.05, 3.63) is 23.5 Å². The van der Waals surface area contributed by atoms with Gasteiger partial charge in [0.25, 0.3) is 0 Å². The maximum Gasteiger partial charge on any atom is 0.313 e. The zero-order valence-corrected chi connectivity index (χ0v) is 15.8. The first kappa shape index (κ1) is 19.0. The van der Waals surface area contributed by atoms with Crippen LogP contribution in [0.4, 0.5) is 0 Å². The highest BCUT2D eigenvalue weighted by Crippen LogP contribution is 2.51. The zero-order chi connectivity index (χ0) is 18.1. The van der Waals surface area contributed by atoms with E-state index in [9.17, 15) is 4.79 Å². The molecule has 2 aliphatic heterocycles. The van der Waals surface area contributed by atoms with Crippen LogP contribution in [0.15, 0.2) is 23.5 Å². The molecule has 1 spiro atoms. The van der Waals surface area contributed by atoms with Crippen molar-refractivity contribution in [1.82, 2.24) is 0 Å². The molecular formula is C19H30O5. The third kappa shape index (κ3) is 3.38. The quantitative estimate of drug-likeness (QED) is 0.579. The van der Waals surface area contributed by atoms with Gasteiger partial charge in [-0.2, -0.15) is 0 Å². The molecule has 0 fully saturated rings. The number of esters is 1. The van der Waals surface area contributed by atoms with Crippen molar-refractivity contribution in [1.29, 1.82) is 0 Å². The maximum atomic E-state index is 11.7. The minimum absolute atomic E-state index is 0.0581. The molecule has 0 bridgehead atoms. The van der Waals surface area contributed by atoms with E-state index < -0.39 is 5.79 Å². The highest BCUT2D eigenvalue weighted by molar-refractivity contribution is 5.72. The fraction of sp³-hybridized carbons (Fsp3) is 0.737. The molecule has 0 unspecified atom stereocenters. The van der Waals surface area contributed by atoms with E-state index in [1.54, 1.807) is 7.11 Å². The molecule has 0 aromatic rings. The summed E-state index contributed by atoms with van der Waals surface area (Å²) in [6.45, 7) is 10.4. The van der Waals surface area contributed by atoms with Crippen molar-refractivity contribution in [2.45, 2.75) is 65.5 Å². The first-order valence-electron chi connectivity index (χ1n) is 8.50. The fourth-order valence-electron chi connectivity index (χ4n) is 3.52. The lowest BCUT2D eigenvalue weighted by molar-refractivity contribution is -0.295. The molecule has 136 valence electrons. The number of methoxy groups -OCH3 is 2. The molecule has 0 N–H and O–H groups in total. The highest BCUT2D eigenvalue weighted by atomic mass is 16.7. The van der Waals surface area contributed by atoms with Gasteiger partial charge in [0.15, 0.2) is 0 Å². The summed E-state index contributed by atoms with van der Waals surface area (Å²) in [6, 6.07) is 0. The van der Waals surface area contributed by atoms with Crippen LogP contribution in [0.25, 0.3) is 0 Å². The number of carbonyl (C=O) groups excluding carboxylic acids is 1. The van der Waals surface area contributed by atoms with Crippen LogP contribution in [0.2, 0.25) is 0 Å². The summed E-state index contributed by atoms with van der Waals surface area (Å²) < 4.78 is 23.1. The van der Waals surface area contributed by atoms with Crippen molar-refractivity contribution < 1.29 is 23.7 Å². The Morgan fingerprint density at radius 2 is 2.08 bits per heavy atom. The van der Waals surface area contributed by atoms with Crippen LogP contribution in [-0.2, 0) is 23.7 Å². The standard InChI is InChI=1S/C19H30O5/c1-12-8-9-19(24-17(12)14(3)21-6)18(4,5)11-13(2)15(23-19)10-16(20)22-7/h8-9,12,14,17H,10-11H2,1-7H3/t12-,14+,17-,19+/m0/s1. The van der Waals surface area contributed by atoms with E-state index in [-0.39, 0.29) is 35.9 Å². The molecular weight excluding hydrogens is 308 g/mol. The average molecular weight is 338 g/mol. The van der Waals surface area contributed by atoms with Gasteiger partial charge in [-0.3, -0.25) is 4.79 Å². The fourth-order valence-corrected chi connectivity index (χ4v) is 3.52. The molecule has 5 nitrogen and oxygen atoms in total. The summed E-state index contributed by atoms with van der Waals surface area (Å²) in [6.07, 6.45) is 4.86. The lowest BCUT2D eigenvalue weighted by Crippen LogP contribution is -2.56. The second-order valence-electron chi connectivity index (χ2n) is 7.53. The van der Waals surface area contributed by atoms with E-state index in [0.29, 0.717) is 5.76 Å². The third-order valence-electron chi connectivity index (χ3n) is 5.22. The van der Waals surface area contributed by atoms with Crippen LogP contribution in [0, 0.1) is 11.3 Å². The van der Waals surface area contributed by atoms with Crippen LogP contribution in [-0.4, -0.2) is 38.2 Å². The first-order chi connectivity index (χ1) is 11.2. The van der Waals surface area contributed by atoms with Crippen LogP contribution in [0.1, 0.15) is 47.5 Å². The number of ether oxygens (including phenoxy) is 4. The number of hydrogen-bond acceptors (Lipinski definition) is 5. The van der Waals surface area contributed by atoms with Crippen molar-refractivity contribution in [3.8, 4) is 0 Å². The molecule has 0 radical (unpaired) electrons. The van der Waals surface area contributed by atoms with Crippen molar-refractivity contribution in [2.24, 2.45) is 11.3 Å². The molecule has 5 heteroatoms. The molecule has 0 saturated heterocycles. The monoisotopic (exact) mass is 338 g/mol. The lowest BCUT2D eigenvalue weighted by atomic mass is 9.73. The van der Waals surface area contributed by atoms with Gasteiger partial charge in [-0.1, -0.05) is 26.8 Å². The van der Waals surface area contributed by atoms with E-state index in [1.807, 2.05) is 19.9 Å². The normalized spacial score (nSPS) is 33.3. The summed E-state index contributed by atoms with van der Waals surface area (Å²) in [7, 11) is 3.07. The Morgan fingerprint density at radius 3 is 2.67 bits per heavy atom. The van der Waals surface area contributed by atoms with Crippen LogP contribution in [0.3, 0.4) is 0 Å². The molecule has 0 saturated carbocycles. The van der Waals surface area contributed by atoms with Gasteiger partial charge in [-0.25, -0.2) is 0 Å². The molecule has 0 amide bonds. The Kier molecular flexibility index (Phi) is 5.45. The van der Waals surface area contributed by atoms with Gasteiger partial charge in [0, 0.05) is 18.4 Å². The summed E-state index contributed by atoms with van der Waals surface area (Å²) in [5.41, 5.74) is 0.793. The van der Waals surface area contributed by atoms with E-state index in [0.717, 1.165) is 12.0 Å². The predicted octanol–water partition coefficient (Wildman–Crippen LogP) is 3.59. The SMILES string of the molecule is COC(=O)CC1=C(C)CC(C)(C)[C@]2(C=C[C@H](C)[C@@H]([C@@H](C)OC)O2)O1. The Balaban J connectivity index is 2.37. The summed E-state index contributed by atoms with van der Waals surface area (Å²) >= 11 is 0. The van der Waals surface area contributed by atoms with Gasteiger partial charge in [0.2, 0.25) is 5.79 Å². The Bertz CT molecular complexity index is 548. The largest absolute Gasteiger partial charge is 0.469 e. The van der Waals surface area contributed by atoms with Crippen LogP contribution in [0.5, 0.6) is 0 Å². The first-order valence-corrected chi connectivity index (χ1v) is 8.50. The van der Waals surface area contributed by atoms with Crippen LogP contribution >= 0.6 is 0 Å². The van der Waals surface area contributed by atoms with Gasteiger partial charge < -0.3 is 18.9 Å². The molecule has 0 aliphatic carbocycles. The van der Waals surface area contributed by atoms with Gasteiger partial charge in [-0.15, -0.1) is 0 Å². The number of rotatable bonds is 4. The number of carbonyl (C=O) groups is 1. The van der Waals surface area contributed by atoms with E-state index in [4.69, 9.17) is 18.9 Å². The Labute approximate surface area is 145 Å². The molecule has 0 aromatic heterocycles. The molecule has 2 rings (SSSR count). The van der Waals surface area contributed by atoms with E-state index in [2.05, 4.69) is 26.8 Å². The second kappa shape index (κ2) is 6.89. The van der Waals surface area contributed by atoms with Gasteiger partial charge in [0.05, 0.1) is 19.3 Å². The average Bonchev–Trinajstić information content (AvgIpc) is 2.53. The highest BCUT2D eigenvalue weighted by Gasteiger charge is 2.54. The van der Waals surface area contributed by atoms with E-state index >= 15 is 0 Å². The summed E-state index contributed by atoms with van der Waals surface area (Å²) in [4.78, 5) is 11.7. The summed E-state index contributed by atoms with van der Waals surface area (Å²) in [5.74, 6) is -0.348. The van der Waals surface area contributed by atoms with Crippen molar-refractivity contribution >= 4 is 5.97 Å².